The molecule has 2 rings (SSSR count). The highest BCUT2D eigenvalue weighted by Gasteiger charge is 2.21. The molecule has 128 valence electrons. The monoisotopic (exact) mass is 362 g/mol. The first-order chi connectivity index (χ1) is 10.8. The van der Waals surface area contributed by atoms with Crippen molar-refractivity contribution in [2.75, 3.05) is 46.3 Å². The van der Waals surface area contributed by atoms with E-state index in [0.717, 1.165) is 32.2 Å². The SMILES string of the molecule is CN1CCN(CCNS(=O)(=O)c2ccc(Cl)c([N+](=O)[O-])c2)CC1. The average Bonchev–Trinajstić information content (AvgIpc) is 2.49. The van der Waals surface area contributed by atoms with E-state index in [1.54, 1.807) is 0 Å². The molecule has 1 N–H and O–H groups in total. The molecular formula is C13H19ClN4O4S. The molecule has 0 aromatic heterocycles. The first-order valence-electron chi connectivity index (χ1n) is 7.14. The number of hydrogen-bond donors (Lipinski definition) is 1. The van der Waals surface area contributed by atoms with Crippen LogP contribution in [-0.4, -0.2) is 69.5 Å². The van der Waals surface area contributed by atoms with Crippen molar-refractivity contribution in [2.45, 2.75) is 4.90 Å². The molecule has 1 heterocycles. The minimum Gasteiger partial charge on any atom is -0.304 e. The molecule has 0 saturated carbocycles. The van der Waals surface area contributed by atoms with Crippen molar-refractivity contribution in [2.24, 2.45) is 0 Å². The highest BCUT2D eigenvalue weighted by molar-refractivity contribution is 7.89. The minimum atomic E-state index is -3.79. The second kappa shape index (κ2) is 7.54. The van der Waals surface area contributed by atoms with Gasteiger partial charge in [0.25, 0.3) is 5.69 Å². The fourth-order valence-electron chi connectivity index (χ4n) is 2.29. The van der Waals surface area contributed by atoms with Crippen molar-refractivity contribution in [3.8, 4) is 0 Å². The van der Waals surface area contributed by atoms with Crippen LogP contribution in [0.4, 0.5) is 5.69 Å². The van der Waals surface area contributed by atoms with Gasteiger partial charge in [0, 0.05) is 45.3 Å². The quantitative estimate of drug-likeness (QED) is 0.593. The third-order valence-electron chi connectivity index (χ3n) is 3.74. The van der Waals surface area contributed by atoms with Crippen LogP contribution in [0, 0.1) is 10.1 Å². The highest BCUT2D eigenvalue weighted by Crippen LogP contribution is 2.26. The lowest BCUT2D eigenvalue weighted by atomic mass is 10.3. The normalized spacial score (nSPS) is 17.3. The van der Waals surface area contributed by atoms with E-state index < -0.39 is 20.6 Å². The molecule has 0 unspecified atom stereocenters. The number of sulfonamides is 1. The summed E-state index contributed by atoms with van der Waals surface area (Å²) in [5.74, 6) is 0. The summed E-state index contributed by atoms with van der Waals surface area (Å²) in [6.45, 7) is 4.55. The zero-order valence-electron chi connectivity index (χ0n) is 12.7. The molecule has 1 aliphatic heterocycles. The van der Waals surface area contributed by atoms with E-state index in [4.69, 9.17) is 11.6 Å². The van der Waals surface area contributed by atoms with E-state index in [9.17, 15) is 18.5 Å². The number of nitrogens with zero attached hydrogens (tertiary/aromatic N) is 3. The molecule has 0 spiro atoms. The summed E-state index contributed by atoms with van der Waals surface area (Å²) in [4.78, 5) is 14.4. The van der Waals surface area contributed by atoms with Gasteiger partial charge in [-0.3, -0.25) is 15.0 Å². The van der Waals surface area contributed by atoms with Gasteiger partial charge < -0.3 is 4.90 Å². The van der Waals surface area contributed by atoms with Crippen LogP contribution >= 0.6 is 11.6 Å². The number of rotatable bonds is 6. The number of nitro groups is 1. The lowest BCUT2D eigenvalue weighted by Gasteiger charge is -2.32. The summed E-state index contributed by atoms with van der Waals surface area (Å²) < 4.78 is 26.9. The predicted molar refractivity (Wildman–Crippen MR) is 87.2 cm³/mol. The number of hydrogen-bond acceptors (Lipinski definition) is 6. The van der Waals surface area contributed by atoms with E-state index in [2.05, 4.69) is 14.5 Å². The van der Waals surface area contributed by atoms with Crippen LogP contribution in [0.25, 0.3) is 0 Å². The van der Waals surface area contributed by atoms with Crippen LogP contribution in [0.1, 0.15) is 0 Å². The Morgan fingerprint density at radius 1 is 1.30 bits per heavy atom. The summed E-state index contributed by atoms with van der Waals surface area (Å²) in [5, 5.41) is 10.8. The highest BCUT2D eigenvalue weighted by atomic mass is 35.5. The number of piperazine rings is 1. The van der Waals surface area contributed by atoms with Crippen LogP contribution in [-0.2, 0) is 10.0 Å². The van der Waals surface area contributed by atoms with Crippen molar-refractivity contribution in [3.05, 3.63) is 33.3 Å². The molecule has 1 aromatic carbocycles. The first-order valence-corrected chi connectivity index (χ1v) is 9.00. The van der Waals surface area contributed by atoms with Crippen LogP contribution in [0.15, 0.2) is 23.1 Å². The van der Waals surface area contributed by atoms with Crippen molar-refractivity contribution in [1.29, 1.82) is 0 Å². The van der Waals surface area contributed by atoms with Gasteiger partial charge in [0.2, 0.25) is 10.0 Å². The fraction of sp³-hybridized carbons (Fsp3) is 0.538. The van der Waals surface area contributed by atoms with Gasteiger partial charge in [-0.25, -0.2) is 13.1 Å². The molecule has 10 heteroatoms. The Morgan fingerprint density at radius 2 is 1.96 bits per heavy atom. The van der Waals surface area contributed by atoms with E-state index in [1.165, 1.54) is 12.1 Å². The molecule has 0 atom stereocenters. The second-order valence-corrected chi connectivity index (χ2v) is 7.59. The van der Waals surface area contributed by atoms with Crippen LogP contribution in [0.5, 0.6) is 0 Å². The van der Waals surface area contributed by atoms with Crippen molar-refractivity contribution < 1.29 is 13.3 Å². The summed E-state index contributed by atoms with van der Waals surface area (Å²) in [5.41, 5.74) is -0.423. The molecule has 1 aromatic rings. The molecule has 0 amide bonds. The summed E-state index contributed by atoms with van der Waals surface area (Å²) in [7, 11) is -1.75. The molecule has 23 heavy (non-hydrogen) atoms. The zero-order valence-corrected chi connectivity index (χ0v) is 14.3. The van der Waals surface area contributed by atoms with Gasteiger partial charge in [0.15, 0.2) is 0 Å². The lowest BCUT2D eigenvalue weighted by Crippen LogP contribution is -2.46. The molecule has 1 saturated heterocycles. The molecule has 8 nitrogen and oxygen atoms in total. The third kappa shape index (κ3) is 4.85. The van der Waals surface area contributed by atoms with Crippen molar-refractivity contribution in [1.82, 2.24) is 14.5 Å². The van der Waals surface area contributed by atoms with Gasteiger partial charge in [0.05, 0.1) is 9.82 Å². The maximum absolute atomic E-state index is 12.2. The standard InChI is InChI=1S/C13H19ClN4O4S/c1-16-6-8-17(9-7-16)5-4-15-23(21,22)11-2-3-12(14)13(10-11)18(19)20/h2-3,10,15H,4-9H2,1H3. The minimum absolute atomic E-state index is 0.0913. The Morgan fingerprint density at radius 3 is 2.57 bits per heavy atom. The van der Waals surface area contributed by atoms with Gasteiger partial charge in [-0.05, 0) is 19.2 Å². The maximum Gasteiger partial charge on any atom is 0.289 e. The molecule has 1 aliphatic rings. The topological polar surface area (TPSA) is 95.8 Å². The Kier molecular flexibility index (Phi) is 5.93. The fourth-order valence-corrected chi connectivity index (χ4v) is 3.52. The zero-order chi connectivity index (χ0) is 17.0. The largest absolute Gasteiger partial charge is 0.304 e. The third-order valence-corrected chi connectivity index (χ3v) is 5.52. The number of nitrogens with one attached hydrogen (secondary N) is 1. The Bertz CT molecular complexity index is 675. The van der Waals surface area contributed by atoms with E-state index in [0.29, 0.717) is 6.54 Å². The number of halogens is 1. The molecule has 0 bridgehead atoms. The van der Waals surface area contributed by atoms with Crippen LogP contribution in [0.2, 0.25) is 5.02 Å². The van der Waals surface area contributed by atoms with E-state index in [1.807, 2.05) is 7.05 Å². The Labute approximate surface area is 140 Å². The van der Waals surface area contributed by atoms with Crippen LogP contribution < -0.4 is 4.72 Å². The maximum atomic E-state index is 12.2. The average molecular weight is 363 g/mol. The Balaban J connectivity index is 1.96. The van der Waals surface area contributed by atoms with Gasteiger partial charge in [-0.2, -0.15) is 0 Å². The summed E-state index contributed by atoms with van der Waals surface area (Å²) in [6, 6.07) is 3.45. The van der Waals surface area contributed by atoms with Gasteiger partial charge >= 0.3 is 0 Å². The van der Waals surface area contributed by atoms with Gasteiger partial charge in [-0.15, -0.1) is 0 Å². The first kappa shape index (κ1) is 18.1. The molecular weight excluding hydrogens is 344 g/mol. The molecule has 0 aliphatic carbocycles. The van der Waals surface area contributed by atoms with E-state index in [-0.39, 0.29) is 16.5 Å². The number of nitro benzene ring substituents is 1. The second-order valence-electron chi connectivity index (χ2n) is 5.41. The molecule has 0 radical (unpaired) electrons. The molecule has 1 fully saturated rings. The van der Waals surface area contributed by atoms with E-state index >= 15 is 0 Å². The van der Waals surface area contributed by atoms with Crippen molar-refractivity contribution >= 4 is 27.3 Å². The van der Waals surface area contributed by atoms with Crippen molar-refractivity contribution in [3.63, 3.8) is 0 Å². The number of likely N-dealkylation sites (N-methyl/N-ethyl adjacent to an activating group) is 1. The lowest BCUT2D eigenvalue weighted by molar-refractivity contribution is -0.384. The number of benzene rings is 1. The summed E-state index contributed by atoms with van der Waals surface area (Å²) in [6.07, 6.45) is 0. The van der Waals surface area contributed by atoms with Gasteiger partial charge in [-0.1, -0.05) is 11.6 Å². The van der Waals surface area contributed by atoms with Gasteiger partial charge in [0.1, 0.15) is 5.02 Å². The summed E-state index contributed by atoms with van der Waals surface area (Å²) >= 11 is 5.69. The van der Waals surface area contributed by atoms with Crippen LogP contribution in [0.3, 0.4) is 0 Å². The predicted octanol–water partition coefficient (Wildman–Crippen LogP) is 0.774. The smallest absolute Gasteiger partial charge is 0.289 e. The Hall–Kier alpha value is -1.26.